The SMILES string of the molecule is CCCOP(=O)(CC(=O)OCCCC(=O)c1cc(Cl)c(F)c(Cl)c1)OCC. The summed E-state index contributed by atoms with van der Waals surface area (Å²) in [7, 11) is -3.53. The highest BCUT2D eigenvalue weighted by Gasteiger charge is 2.28. The van der Waals surface area contributed by atoms with Crippen LogP contribution in [0.3, 0.4) is 0 Å². The van der Waals surface area contributed by atoms with Crippen molar-refractivity contribution in [1.29, 1.82) is 0 Å². The number of halogens is 3. The van der Waals surface area contributed by atoms with Crippen LogP contribution >= 0.6 is 30.8 Å². The maximum Gasteiger partial charge on any atom is 0.341 e. The van der Waals surface area contributed by atoms with Gasteiger partial charge in [-0.25, -0.2) is 4.39 Å². The zero-order valence-corrected chi connectivity index (χ0v) is 17.5. The molecule has 0 radical (unpaired) electrons. The number of benzene rings is 1. The van der Waals surface area contributed by atoms with E-state index < -0.39 is 25.5 Å². The van der Waals surface area contributed by atoms with E-state index in [9.17, 15) is 18.5 Å². The normalized spacial score (nSPS) is 13.2. The lowest BCUT2D eigenvalue weighted by atomic mass is 10.1. The number of Topliss-reactive ketones (excluding diaryl/α,β-unsaturated/α-hetero) is 1. The van der Waals surface area contributed by atoms with E-state index in [4.69, 9.17) is 37.0 Å². The molecule has 0 aliphatic heterocycles. The molecule has 0 aliphatic carbocycles. The fourth-order valence-electron chi connectivity index (χ4n) is 2.04. The summed E-state index contributed by atoms with van der Waals surface area (Å²) in [5, 5.41) is -0.480. The van der Waals surface area contributed by atoms with E-state index in [0.29, 0.717) is 6.42 Å². The summed E-state index contributed by atoms with van der Waals surface area (Å²) in [6, 6.07) is 2.39. The first-order valence-corrected chi connectivity index (χ1v) is 10.9. The Morgan fingerprint density at radius 2 is 1.74 bits per heavy atom. The monoisotopic (exact) mass is 442 g/mol. The Balaban J connectivity index is 2.45. The van der Waals surface area contributed by atoms with Gasteiger partial charge in [0, 0.05) is 12.0 Å². The summed E-state index contributed by atoms with van der Waals surface area (Å²) in [5.74, 6) is -1.84. The molecule has 0 amide bonds. The van der Waals surface area contributed by atoms with E-state index >= 15 is 0 Å². The van der Waals surface area contributed by atoms with Crippen molar-refractivity contribution in [2.75, 3.05) is 26.0 Å². The number of esters is 1. The molecule has 0 saturated heterocycles. The van der Waals surface area contributed by atoms with Crippen LogP contribution in [0.15, 0.2) is 12.1 Å². The van der Waals surface area contributed by atoms with E-state index in [0.717, 1.165) is 0 Å². The maximum atomic E-state index is 13.4. The van der Waals surface area contributed by atoms with Gasteiger partial charge < -0.3 is 13.8 Å². The first-order valence-electron chi connectivity index (χ1n) is 8.44. The van der Waals surface area contributed by atoms with Crippen molar-refractivity contribution in [3.8, 4) is 0 Å². The van der Waals surface area contributed by atoms with E-state index in [1.165, 1.54) is 12.1 Å². The average Bonchev–Trinajstić information content (AvgIpc) is 2.61. The second kappa shape index (κ2) is 11.8. The second-order valence-corrected chi connectivity index (χ2v) is 8.39. The van der Waals surface area contributed by atoms with Crippen LogP contribution in [-0.2, 0) is 23.1 Å². The number of hydrogen-bond donors (Lipinski definition) is 0. The topological polar surface area (TPSA) is 78.9 Å². The molecule has 0 fully saturated rings. The lowest BCUT2D eigenvalue weighted by molar-refractivity contribution is -0.140. The van der Waals surface area contributed by atoms with E-state index in [2.05, 4.69) is 0 Å². The van der Waals surface area contributed by atoms with E-state index in [1.807, 2.05) is 6.92 Å². The number of ether oxygens (including phenoxy) is 1. The van der Waals surface area contributed by atoms with Crippen molar-refractivity contribution in [1.82, 2.24) is 0 Å². The molecule has 1 rings (SSSR count). The van der Waals surface area contributed by atoms with Crippen LogP contribution < -0.4 is 0 Å². The van der Waals surface area contributed by atoms with Gasteiger partial charge in [0.2, 0.25) is 0 Å². The predicted molar refractivity (Wildman–Crippen MR) is 101 cm³/mol. The molecule has 0 aliphatic rings. The third-order valence-corrected chi connectivity index (χ3v) is 5.68. The van der Waals surface area contributed by atoms with Gasteiger partial charge in [-0.05, 0) is 31.9 Å². The summed E-state index contributed by atoms with van der Waals surface area (Å²) < 4.78 is 40.9. The smallest absolute Gasteiger partial charge is 0.341 e. The predicted octanol–water partition coefficient (Wildman–Crippen LogP) is 5.29. The molecule has 1 unspecified atom stereocenters. The molecule has 0 spiro atoms. The highest BCUT2D eigenvalue weighted by molar-refractivity contribution is 7.54. The molecule has 1 aromatic rings. The largest absolute Gasteiger partial charge is 0.465 e. The fraction of sp³-hybridized carbons (Fsp3) is 0.529. The van der Waals surface area contributed by atoms with Gasteiger partial charge in [0.05, 0.1) is 29.9 Å². The van der Waals surface area contributed by atoms with Crippen molar-refractivity contribution < 1.29 is 32.3 Å². The standard InChI is InChI=1S/C17H22Cl2FO6P/c1-3-7-26-27(23,25-4-2)11-16(22)24-8-5-6-15(21)12-9-13(18)17(20)14(19)10-12/h9-10H,3-8,11H2,1-2H3. The summed E-state index contributed by atoms with van der Waals surface area (Å²) in [5.41, 5.74) is 0.173. The summed E-state index contributed by atoms with van der Waals surface area (Å²) in [6.07, 6.45) is 0.413. The molecule has 0 bridgehead atoms. The average molecular weight is 443 g/mol. The molecule has 0 heterocycles. The van der Waals surface area contributed by atoms with Gasteiger partial charge in [0.25, 0.3) is 0 Å². The molecule has 1 atom stereocenters. The molecule has 152 valence electrons. The third kappa shape index (κ3) is 8.28. The molecule has 0 N–H and O–H groups in total. The van der Waals surface area contributed by atoms with Crippen molar-refractivity contribution in [3.05, 3.63) is 33.6 Å². The Morgan fingerprint density at radius 1 is 1.11 bits per heavy atom. The zero-order chi connectivity index (χ0) is 20.4. The number of carbonyl (C=O) groups is 2. The Morgan fingerprint density at radius 3 is 2.30 bits per heavy atom. The number of hydrogen-bond acceptors (Lipinski definition) is 6. The van der Waals surface area contributed by atoms with E-state index in [-0.39, 0.29) is 54.1 Å². The van der Waals surface area contributed by atoms with Gasteiger partial charge in [-0.1, -0.05) is 30.1 Å². The minimum absolute atomic E-state index is 0.0427. The van der Waals surface area contributed by atoms with Gasteiger partial charge in [-0.15, -0.1) is 0 Å². The molecular formula is C17H22Cl2FO6P. The Kier molecular flexibility index (Phi) is 10.5. The van der Waals surface area contributed by atoms with E-state index in [1.54, 1.807) is 6.92 Å². The van der Waals surface area contributed by atoms with Gasteiger partial charge in [-0.3, -0.25) is 14.2 Å². The Bertz CT molecular complexity index is 690. The molecule has 10 heteroatoms. The minimum atomic E-state index is -3.53. The lowest BCUT2D eigenvalue weighted by Gasteiger charge is -2.16. The van der Waals surface area contributed by atoms with Crippen LogP contribution in [0.4, 0.5) is 4.39 Å². The van der Waals surface area contributed by atoms with Crippen LogP contribution in [0, 0.1) is 5.82 Å². The number of rotatable bonds is 12. The van der Waals surface area contributed by atoms with Crippen LogP contribution in [0.25, 0.3) is 0 Å². The molecule has 6 nitrogen and oxygen atoms in total. The molecular weight excluding hydrogens is 421 g/mol. The van der Waals surface area contributed by atoms with Crippen LogP contribution in [0.1, 0.15) is 43.5 Å². The Hall–Kier alpha value is -0.980. The van der Waals surface area contributed by atoms with Crippen molar-refractivity contribution in [3.63, 3.8) is 0 Å². The van der Waals surface area contributed by atoms with Gasteiger partial charge in [-0.2, -0.15) is 0 Å². The highest BCUT2D eigenvalue weighted by atomic mass is 35.5. The summed E-state index contributed by atoms with van der Waals surface area (Å²) in [6.45, 7) is 3.79. The van der Waals surface area contributed by atoms with Crippen molar-refractivity contribution >= 4 is 42.6 Å². The quantitative estimate of drug-likeness (QED) is 0.144. The first-order chi connectivity index (χ1) is 12.7. The van der Waals surface area contributed by atoms with Crippen LogP contribution in [-0.4, -0.2) is 37.7 Å². The summed E-state index contributed by atoms with van der Waals surface area (Å²) >= 11 is 11.3. The van der Waals surface area contributed by atoms with Crippen LogP contribution in [0.2, 0.25) is 10.0 Å². The maximum absolute atomic E-state index is 13.4. The van der Waals surface area contributed by atoms with Crippen molar-refractivity contribution in [2.24, 2.45) is 0 Å². The van der Waals surface area contributed by atoms with Crippen molar-refractivity contribution in [2.45, 2.75) is 33.1 Å². The molecule has 0 aromatic heterocycles. The van der Waals surface area contributed by atoms with Crippen LogP contribution in [0.5, 0.6) is 0 Å². The molecule has 0 saturated carbocycles. The van der Waals surface area contributed by atoms with Gasteiger partial charge in [0.1, 0.15) is 6.16 Å². The first kappa shape index (κ1) is 24.1. The summed E-state index contributed by atoms with van der Waals surface area (Å²) in [4.78, 5) is 23.9. The zero-order valence-electron chi connectivity index (χ0n) is 15.1. The minimum Gasteiger partial charge on any atom is -0.465 e. The fourth-order valence-corrected chi connectivity index (χ4v) is 4.04. The third-order valence-electron chi connectivity index (χ3n) is 3.26. The number of carbonyl (C=O) groups excluding carboxylic acids is 2. The lowest BCUT2D eigenvalue weighted by Crippen LogP contribution is -2.14. The molecule has 27 heavy (non-hydrogen) atoms. The second-order valence-electron chi connectivity index (χ2n) is 5.52. The molecule has 1 aromatic carbocycles. The van der Waals surface area contributed by atoms with Gasteiger partial charge in [0.15, 0.2) is 11.6 Å². The Labute approximate surface area is 167 Å². The number of ketones is 1. The highest BCUT2D eigenvalue weighted by Crippen LogP contribution is 2.48. The van der Waals surface area contributed by atoms with Gasteiger partial charge >= 0.3 is 13.6 Å².